The van der Waals surface area contributed by atoms with Crippen LogP contribution in [0.1, 0.15) is 37.3 Å². The van der Waals surface area contributed by atoms with E-state index in [4.69, 9.17) is 14.6 Å². The zero-order valence-corrected chi connectivity index (χ0v) is 21.0. The first-order valence-corrected chi connectivity index (χ1v) is 12.6. The van der Waals surface area contributed by atoms with Crippen molar-refractivity contribution in [3.8, 4) is 11.1 Å². The SMILES string of the molecule is COC(C)(C)CC(NC(=O)OCC1c2ccccc2-c2ccccc21)C(=O)NCCSCC(=O)O. The van der Waals surface area contributed by atoms with Crippen LogP contribution in [0.15, 0.2) is 48.5 Å². The molecule has 0 spiro atoms. The van der Waals surface area contributed by atoms with Crippen molar-refractivity contribution in [3.05, 3.63) is 59.7 Å². The second kappa shape index (κ2) is 12.1. The van der Waals surface area contributed by atoms with Gasteiger partial charge in [-0.3, -0.25) is 9.59 Å². The zero-order chi connectivity index (χ0) is 25.4. The van der Waals surface area contributed by atoms with Gasteiger partial charge in [-0.05, 0) is 36.1 Å². The molecule has 0 saturated carbocycles. The molecule has 1 atom stereocenters. The third kappa shape index (κ3) is 7.22. The van der Waals surface area contributed by atoms with Crippen molar-refractivity contribution in [2.45, 2.75) is 37.8 Å². The molecule has 2 aromatic rings. The van der Waals surface area contributed by atoms with E-state index in [9.17, 15) is 14.4 Å². The minimum atomic E-state index is -0.905. The molecular weight excluding hydrogens is 468 g/mol. The highest BCUT2D eigenvalue weighted by Crippen LogP contribution is 2.44. The number of alkyl carbamates (subject to hydrolysis) is 1. The summed E-state index contributed by atoms with van der Waals surface area (Å²) in [7, 11) is 1.55. The summed E-state index contributed by atoms with van der Waals surface area (Å²) in [6, 6.07) is 15.3. The fourth-order valence-electron chi connectivity index (χ4n) is 4.10. The molecular formula is C26H32N2O6S. The molecule has 2 aromatic carbocycles. The number of ether oxygens (including phenoxy) is 2. The normalized spacial score (nSPS) is 13.5. The van der Waals surface area contributed by atoms with Gasteiger partial charge in [-0.2, -0.15) is 0 Å². The van der Waals surface area contributed by atoms with Gasteiger partial charge in [-0.25, -0.2) is 4.79 Å². The number of carbonyl (C=O) groups is 3. The minimum absolute atomic E-state index is 0.0337. The standard InChI is InChI=1S/C26H32N2O6S/c1-26(2,33-3)14-22(24(31)27-12-13-35-16-23(29)30)28-25(32)34-15-21-19-10-6-4-8-17(19)18-9-5-7-11-20(18)21/h4-11,21-22H,12-16H2,1-3H3,(H,27,31)(H,28,32)(H,29,30). The molecule has 2 amide bonds. The maximum atomic E-state index is 12.8. The van der Waals surface area contributed by atoms with Crippen molar-refractivity contribution in [1.82, 2.24) is 10.6 Å². The lowest BCUT2D eigenvalue weighted by Gasteiger charge is -2.28. The quantitative estimate of drug-likeness (QED) is 0.381. The van der Waals surface area contributed by atoms with Crippen LogP contribution in [0.4, 0.5) is 4.79 Å². The van der Waals surface area contributed by atoms with Crippen molar-refractivity contribution in [3.63, 3.8) is 0 Å². The van der Waals surface area contributed by atoms with Crippen LogP contribution in [0.2, 0.25) is 0 Å². The van der Waals surface area contributed by atoms with Crippen LogP contribution < -0.4 is 10.6 Å². The Morgan fingerprint density at radius 2 is 1.66 bits per heavy atom. The monoisotopic (exact) mass is 500 g/mol. The first-order chi connectivity index (χ1) is 16.7. The number of methoxy groups -OCH3 is 1. The molecule has 0 saturated heterocycles. The van der Waals surface area contributed by atoms with E-state index in [1.54, 1.807) is 7.11 Å². The Morgan fingerprint density at radius 3 is 2.23 bits per heavy atom. The zero-order valence-electron chi connectivity index (χ0n) is 20.2. The Bertz CT molecular complexity index is 1010. The number of carbonyl (C=O) groups excluding carboxylic acids is 2. The molecule has 0 aliphatic heterocycles. The lowest BCUT2D eigenvalue weighted by atomic mass is 9.98. The van der Waals surface area contributed by atoms with Gasteiger partial charge in [-0.15, -0.1) is 11.8 Å². The number of nitrogens with one attached hydrogen (secondary N) is 2. The van der Waals surface area contributed by atoms with Crippen LogP contribution >= 0.6 is 11.8 Å². The molecule has 1 aliphatic carbocycles. The smallest absolute Gasteiger partial charge is 0.407 e. The van der Waals surface area contributed by atoms with Crippen LogP contribution in [-0.2, 0) is 19.1 Å². The molecule has 0 radical (unpaired) electrons. The molecule has 0 aromatic heterocycles. The summed E-state index contributed by atoms with van der Waals surface area (Å²) < 4.78 is 11.0. The molecule has 3 rings (SSSR count). The highest BCUT2D eigenvalue weighted by molar-refractivity contribution is 7.99. The number of aliphatic carboxylic acids is 1. The van der Waals surface area contributed by atoms with Crippen LogP contribution in [-0.4, -0.2) is 66.5 Å². The molecule has 1 aliphatic rings. The summed E-state index contributed by atoms with van der Waals surface area (Å²) in [4.78, 5) is 36.2. The van der Waals surface area contributed by atoms with Crippen LogP contribution in [0.5, 0.6) is 0 Å². The average molecular weight is 501 g/mol. The van der Waals surface area contributed by atoms with Crippen LogP contribution in [0, 0.1) is 0 Å². The summed E-state index contributed by atoms with van der Waals surface area (Å²) in [5.41, 5.74) is 3.83. The van der Waals surface area contributed by atoms with Crippen LogP contribution in [0.25, 0.3) is 11.1 Å². The molecule has 1 unspecified atom stereocenters. The summed E-state index contributed by atoms with van der Waals surface area (Å²) in [6.45, 7) is 4.09. The number of carboxylic acids is 1. The number of rotatable bonds is 12. The predicted molar refractivity (Wildman–Crippen MR) is 136 cm³/mol. The third-order valence-electron chi connectivity index (χ3n) is 5.97. The predicted octanol–water partition coefficient (Wildman–Crippen LogP) is 3.64. The van der Waals surface area contributed by atoms with E-state index < -0.39 is 23.7 Å². The van der Waals surface area contributed by atoms with Gasteiger partial charge in [0.05, 0.1) is 11.4 Å². The molecule has 0 heterocycles. The lowest BCUT2D eigenvalue weighted by molar-refractivity contribution is -0.133. The fraction of sp³-hybridized carbons (Fsp3) is 0.423. The maximum Gasteiger partial charge on any atom is 0.407 e. The van der Waals surface area contributed by atoms with Gasteiger partial charge in [-0.1, -0.05) is 48.5 Å². The van der Waals surface area contributed by atoms with E-state index in [0.717, 1.165) is 22.3 Å². The second-order valence-corrected chi connectivity index (χ2v) is 10.0. The second-order valence-electron chi connectivity index (χ2n) is 8.93. The van der Waals surface area contributed by atoms with E-state index in [1.165, 1.54) is 11.8 Å². The number of amides is 2. The largest absolute Gasteiger partial charge is 0.481 e. The van der Waals surface area contributed by atoms with E-state index in [-0.39, 0.29) is 37.2 Å². The average Bonchev–Trinajstić information content (AvgIpc) is 3.15. The molecule has 3 N–H and O–H groups in total. The first-order valence-electron chi connectivity index (χ1n) is 11.5. The number of benzene rings is 2. The highest BCUT2D eigenvalue weighted by atomic mass is 32.2. The molecule has 0 fully saturated rings. The van der Waals surface area contributed by atoms with Crippen molar-refractivity contribution >= 4 is 29.7 Å². The molecule has 35 heavy (non-hydrogen) atoms. The Balaban J connectivity index is 1.61. The maximum absolute atomic E-state index is 12.8. The summed E-state index contributed by atoms with van der Waals surface area (Å²) in [6.07, 6.45) is -0.443. The number of hydrogen-bond acceptors (Lipinski definition) is 6. The molecule has 188 valence electrons. The van der Waals surface area contributed by atoms with Gasteiger partial charge >= 0.3 is 12.1 Å². The van der Waals surface area contributed by atoms with E-state index in [0.29, 0.717) is 5.75 Å². The van der Waals surface area contributed by atoms with Crippen molar-refractivity contribution in [1.29, 1.82) is 0 Å². The molecule has 8 nitrogen and oxygen atoms in total. The van der Waals surface area contributed by atoms with Gasteiger partial charge in [0.1, 0.15) is 12.6 Å². The molecule has 0 bridgehead atoms. The number of carboxylic acid groups (broad SMARTS) is 1. The first kappa shape index (κ1) is 26.6. The minimum Gasteiger partial charge on any atom is -0.481 e. The topological polar surface area (TPSA) is 114 Å². The van der Waals surface area contributed by atoms with E-state index >= 15 is 0 Å². The molecule has 9 heteroatoms. The van der Waals surface area contributed by atoms with Gasteiger partial charge in [0.15, 0.2) is 0 Å². The van der Waals surface area contributed by atoms with Gasteiger partial charge in [0.25, 0.3) is 0 Å². The van der Waals surface area contributed by atoms with E-state index in [2.05, 4.69) is 22.8 Å². The fourth-order valence-corrected chi connectivity index (χ4v) is 4.66. The Kier molecular flexibility index (Phi) is 9.17. The van der Waals surface area contributed by atoms with Gasteiger partial charge < -0.3 is 25.2 Å². The van der Waals surface area contributed by atoms with Gasteiger partial charge in [0.2, 0.25) is 5.91 Å². The van der Waals surface area contributed by atoms with Crippen molar-refractivity contribution < 1.29 is 29.0 Å². The lowest BCUT2D eigenvalue weighted by Crippen LogP contribution is -2.50. The third-order valence-corrected chi connectivity index (χ3v) is 6.92. The van der Waals surface area contributed by atoms with Crippen LogP contribution in [0.3, 0.4) is 0 Å². The summed E-state index contributed by atoms with van der Waals surface area (Å²) in [5, 5.41) is 14.2. The Morgan fingerprint density at radius 1 is 1.06 bits per heavy atom. The van der Waals surface area contributed by atoms with E-state index in [1.807, 2.05) is 50.2 Å². The van der Waals surface area contributed by atoms with Crippen molar-refractivity contribution in [2.75, 3.05) is 31.8 Å². The Labute approximate surface area is 209 Å². The number of thioether (sulfide) groups is 1. The van der Waals surface area contributed by atoms with Crippen molar-refractivity contribution in [2.24, 2.45) is 0 Å². The van der Waals surface area contributed by atoms with Gasteiger partial charge in [0, 0.05) is 31.7 Å². The summed E-state index contributed by atoms with van der Waals surface area (Å²) >= 11 is 1.21. The summed E-state index contributed by atoms with van der Waals surface area (Å²) in [5.74, 6) is -0.947. The highest BCUT2D eigenvalue weighted by Gasteiger charge is 2.32. The number of hydrogen-bond donors (Lipinski definition) is 3. The Hall–Kier alpha value is -3.04. The number of fused-ring (bicyclic) bond motifs is 3.